The molecule has 0 bridgehead atoms. The van der Waals surface area contributed by atoms with Crippen LogP contribution in [0.25, 0.3) is 6.08 Å². The van der Waals surface area contributed by atoms with Crippen molar-refractivity contribution in [2.75, 3.05) is 36.0 Å². The third-order valence-electron chi connectivity index (χ3n) is 6.10. The van der Waals surface area contributed by atoms with Crippen molar-refractivity contribution in [1.29, 1.82) is 0 Å². The number of carbonyl (C=O) groups is 4. The fraction of sp³-hybridized carbons (Fsp3) is 0.250. The summed E-state index contributed by atoms with van der Waals surface area (Å²) in [5.74, 6) is -1.85. The maximum absolute atomic E-state index is 13.4. The van der Waals surface area contributed by atoms with E-state index in [9.17, 15) is 29.3 Å². The van der Waals surface area contributed by atoms with Crippen molar-refractivity contribution in [3.05, 3.63) is 68.2 Å². The fourth-order valence-corrected chi connectivity index (χ4v) is 4.34. The smallest absolute Gasteiger partial charge is 0.335 e. The minimum Gasteiger partial charge on any atom is -0.367 e. The lowest BCUT2D eigenvalue weighted by Gasteiger charge is -2.36. The zero-order valence-corrected chi connectivity index (χ0v) is 20.2. The van der Waals surface area contributed by atoms with Gasteiger partial charge in [-0.2, -0.15) is 0 Å². The predicted octanol–water partition coefficient (Wildman–Crippen LogP) is 2.89. The highest BCUT2D eigenvalue weighted by Gasteiger charge is 2.38. The van der Waals surface area contributed by atoms with Gasteiger partial charge in [-0.05, 0) is 36.8 Å². The van der Waals surface area contributed by atoms with E-state index in [1.54, 1.807) is 30.0 Å². The Morgan fingerprint density at radius 3 is 2.39 bits per heavy atom. The third-order valence-corrected chi connectivity index (χ3v) is 6.34. The van der Waals surface area contributed by atoms with Crippen LogP contribution >= 0.6 is 11.6 Å². The Kier molecular flexibility index (Phi) is 6.75. The number of piperazine rings is 1. The monoisotopic (exact) mass is 511 g/mol. The molecule has 2 aromatic carbocycles. The summed E-state index contributed by atoms with van der Waals surface area (Å²) in [5, 5.41) is 13.9. The molecule has 0 radical (unpaired) electrons. The highest BCUT2D eigenvalue weighted by molar-refractivity contribution is 6.39. The first-order chi connectivity index (χ1) is 17.1. The number of urea groups is 1. The van der Waals surface area contributed by atoms with Crippen molar-refractivity contribution < 1.29 is 24.1 Å². The van der Waals surface area contributed by atoms with Crippen LogP contribution in [0, 0.1) is 17.0 Å². The van der Waals surface area contributed by atoms with E-state index in [1.165, 1.54) is 31.2 Å². The molecule has 0 saturated carbocycles. The normalized spacial score (nSPS) is 17.5. The van der Waals surface area contributed by atoms with Crippen LogP contribution in [0.1, 0.15) is 18.1 Å². The van der Waals surface area contributed by atoms with Crippen LogP contribution in [-0.2, 0) is 14.4 Å². The summed E-state index contributed by atoms with van der Waals surface area (Å²) in [4.78, 5) is 65.7. The molecule has 0 unspecified atom stereocenters. The predicted molar refractivity (Wildman–Crippen MR) is 133 cm³/mol. The van der Waals surface area contributed by atoms with Crippen molar-refractivity contribution >= 4 is 58.5 Å². The highest BCUT2D eigenvalue weighted by atomic mass is 35.5. The fourth-order valence-electron chi connectivity index (χ4n) is 4.18. The SMILES string of the molecule is CC(=O)N1CCN(c2ccc([N+](=O)[O-])cc2/C=C2/C(=O)NC(=O)N(c3cc(Cl)ccc3C)C2=O)CC1. The molecule has 0 aromatic heterocycles. The molecule has 2 aliphatic rings. The Hall–Kier alpha value is -4.25. The lowest BCUT2D eigenvalue weighted by molar-refractivity contribution is -0.384. The number of nitro groups is 1. The number of carbonyl (C=O) groups excluding carboxylic acids is 4. The highest BCUT2D eigenvalue weighted by Crippen LogP contribution is 2.31. The van der Waals surface area contributed by atoms with E-state index in [1.807, 2.05) is 4.90 Å². The van der Waals surface area contributed by atoms with E-state index in [0.717, 1.165) is 4.90 Å². The molecule has 2 aromatic rings. The Labute approximate surface area is 211 Å². The van der Waals surface area contributed by atoms with Crippen LogP contribution in [0.4, 0.5) is 21.9 Å². The summed E-state index contributed by atoms with van der Waals surface area (Å²) in [6, 6.07) is 7.91. The largest absolute Gasteiger partial charge is 0.367 e. The number of hydrogen-bond donors (Lipinski definition) is 1. The quantitative estimate of drug-likeness (QED) is 0.289. The minimum absolute atomic E-state index is 0.0498. The maximum Gasteiger partial charge on any atom is 0.335 e. The summed E-state index contributed by atoms with van der Waals surface area (Å²) in [5.41, 5.74) is 1.02. The molecule has 5 amide bonds. The van der Waals surface area contributed by atoms with Crippen LogP contribution in [0.15, 0.2) is 42.0 Å². The van der Waals surface area contributed by atoms with Crippen molar-refractivity contribution in [3.63, 3.8) is 0 Å². The Morgan fingerprint density at radius 1 is 1.06 bits per heavy atom. The third kappa shape index (κ3) is 4.78. The number of nitrogens with zero attached hydrogens (tertiary/aromatic N) is 4. The zero-order valence-electron chi connectivity index (χ0n) is 19.5. The first kappa shape index (κ1) is 24.9. The molecular formula is C24H22ClN5O6. The van der Waals surface area contributed by atoms with E-state index in [0.29, 0.717) is 42.5 Å². The topological polar surface area (TPSA) is 133 Å². The number of non-ortho nitro benzene ring substituents is 1. The average molecular weight is 512 g/mol. The minimum atomic E-state index is -0.924. The summed E-state index contributed by atoms with van der Waals surface area (Å²) in [6.45, 7) is 5.00. The van der Waals surface area contributed by atoms with Gasteiger partial charge in [0, 0.05) is 61.5 Å². The molecule has 0 atom stereocenters. The number of barbiturate groups is 1. The molecule has 0 spiro atoms. The van der Waals surface area contributed by atoms with Gasteiger partial charge < -0.3 is 9.80 Å². The van der Waals surface area contributed by atoms with Gasteiger partial charge in [-0.25, -0.2) is 9.69 Å². The van der Waals surface area contributed by atoms with Crippen LogP contribution in [0.5, 0.6) is 0 Å². The van der Waals surface area contributed by atoms with Gasteiger partial charge in [-0.15, -0.1) is 0 Å². The summed E-state index contributed by atoms with van der Waals surface area (Å²) >= 11 is 6.06. The molecule has 2 heterocycles. The lowest BCUT2D eigenvalue weighted by Crippen LogP contribution is -2.54. The summed E-state index contributed by atoms with van der Waals surface area (Å²) in [7, 11) is 0. The zero-order chi connectivity index (χ0) is 26.1. The number of aryl methyl sites for hydroxylation is 1. The molecule has 2 fully saturated rings. The average Bonchev–Trinajstić information content (AvgIpc) is 2.83. The van der Waals surface area contributed by atoms with Crippen molar-refractivity contribution in [2.24, 2.45) is 0 Å². The molecule has 11 nitrogen and oxygen atoms in total. The number of hydrogen-bond acceptors (Lipinski definition) is 7. The number of benzene rings is 2. The number of nitro benzene ring substituents is 1. The second-order valence-corrected chi connectivity index (χ2v) is 8.82. The maximum atomic E-state index is 13.4. The van der Waals surface area contributed by atoms with Gasteiger partial charge in [0.25, 0.3) is 17.5 Å². The Balaban J connectivity index is 1.77. The van der Waals surface area contributed by atoms with Gasteiger partial charge >= 0.3 is 6.03 Å². The molecule has 12 heteroatoms. The first-order valence-corrected chi connectivity index (χ1v) is 11.4. The number of rotatable bonds is 4. The van der Waals surface area contributed by atoms with Crippen molar-refractivity contribution in [3.8, 4) is 0 Å². The number of amides is 5. The van der Waals surface area contributed by atoms with Gasteiger partial charge in [0.05, 0.1) is 10.6 Å². The number of nitrogens with one attached hydrogen (secondary N) is 1. The second kappa shape index (κ2) is 9.78. The Morgan fingerprint density at radius 2 is 1.75 bits per heavy atom. The van der Waals surface area contributed by atoms with Crippen LogP contribution in [0.2, 0.25) is 5.02 Å². The second-order valence-electron chi connectivity index (χ2n) is 8.38. The van der Waals surface area contributed by atoms with E-state index in [4.69, 9.17) is 11.6 Å². The van der Waals surface area contributed by atoms with Crippen LogP contribution in [0.3, 0.4) is 0 Å². The molecular weight excluding hydrogens is 490 g/mol. The number of halogens is 1. The van der Waals surface area contributed by atoms with E-state index in [-0.39, 0.29) is 28.4 Å². The molecule has 2 aliphatic heterocycles. The number of imide groups is 2. The Bertz CT molecular complexity index is 1330. The van der Waals surface area contributed by atoms with E-state index < -0.39 is 22.8 Å². The summed E-state index contributed by atoms with van der Waals surface area (Å²) in [6.07, 6.45) is 1.25. The standard InChI is InChI=1S/C24H22ClN5O6/c1-14-3-4-17(25)13-21(14)29-23(33)19(22(32)26-24(29)34)12-16-11-18(30(35)36)5-6-20(16)28-9-7-27(8-10-28)15(2)31/h3-6,11-13H,7-10H2,1-2H3,(H,26,32,34)/b19-12-. The molecule has 1 N–H and O–H groups in total. The first-order valence-electron chi connectivity index (χ1n) is 11.0. The van der Waals surface area contributed by atoms with Crippen LogP contribution < -0.4 is 15.1 Å². The molecule has 36 heavy (non-hydrogen) atoms. The molecule has 4 rings (SSSR count). The lowest BCUT2D eigenvalue weighted by atomic mass is 10.0. The van der Waals surface area contributed by atoms with Gasteiger partial charge in [0.1, 0.15) is 5.57 Å². The van der Waals surface area contributed by atoms with Gasteiger partial charge in [-0.1, -0.05) is 17.7 Å². The van der Waals surface area contributed by atoms with E-state index in [2.05, 4.69) is 5.32 Å². The molecule has 0 aliphatic carbocycles. The van der Waals surface area contributed by atoms with Crippen molar-refractivity contribution in [1.82, 2.24) is 10.2 Å². The van der Waals surface area contributed by atoms with Gasteiger partial charge in [0.15, 0.2) is 0 Å². The van der Waals surface area contributed by atoms with Gasteiger partial charge in [0.2, 0.25) is 5.91 Å². The molecule has 2 saturated heterocycles. The van der Waals surface area contributed by atoms with Crippen molar-refractivity contribution in [2.45, 2.75) is 13.8 Å². The van der Waals surface area contributed by atoms with Crippen LogP contribution in [-0.4, -0.2) is 59.8 Å². The summed E-state index contributed by atoms with van der Waals surface area (Å²) < 4.78 is 0. The molecule has 186 valence electrons. The number of anilines is 2. The van der Waals surface area contributed by atoms with Gasteiger partial charge in [-0.3, -0.25) is 29.8 Å². The van der Waals surface area contributed by atoms with E-state index >= 15 is 0 Å².